The number of carbonyl (C=O) groups is 1. The van der Waals surface area contributed by atoms with Gasteiger partial charge in [0, 0.05) is 45.7 Å². The number of H-pyrrole nitrogens is 2. The summed E-state index contributed by atoms with van der Waals surface area (Å²) in [6.45, 7) is 0. The summed E-state index contributed by atoms with van der Waals surface area (Å²) in [6.07, 6.45) is 6.14. The number of imidazole rings is 1. The molecule has 39 heavy (non-hydrogen) atoms. The fourth-order valence-corrected chi connectivity index (χ4v) is 5.18. The van der Waals surface area contributed by atoms with Gasteiger partial charge < -0.3 is 10.3 Å². The molecule has 3 N–H and O–H groups in total. The van der Waals surface area contributed by atoms with E-state index in [1.807, 2.05) is 29.6 Å². The van der Waals surface area contributed by atoms with Crippen molar-refractivity contribution in [2.24, 2.45) is 0 Å². The number of anilines is 1. The maximum atomic E-state index is 16.1. The number of benzene rings is 1. The van der Waals surface area contributed by atoms with Gasteiger partial charge in [-0.1, -0.05) is 24.3 Å². The van der Waals surface area contributed by atoms with Crippen molar-refractivity contribution >= 4 is 45.1 Å². The molecule has 0 unspecified atom stereocenters. The lowest BCUT2D eigenvalue weighted by atomic mass is 10.1. The number of carbonyl (C=O) groups excluding carboxylic acids is 1. The largest absolute Gasteiger partial charge is 0.321 e. The van der Waals surface area contributed by atoms with Crippen LogP contribution in [0, 0.1) is 5.82 Å². The topological polar surface area (TPSA) is 125 Å². The Morgan fingerprint density at radius 3 is 2.69 bits per heavy atom. The summed E-state index contributed by atoms with van der Waals surface area (Å²) in [4.78, 5) is 34.5. The second-order valence-electron chi connectivity index (χ2n) is 8.68. The summed E-state index contributed by atoms with van der Waals surface area (Å²) in [6, 6.07) is 16.4. The zero-order valence-electron chi connectivity index (χ0n) is 20.0. The SMILES string of the molecule is O=C(Nc1cncc(-c2cnc3[nH]nc(-c4nc5c(-c6cccs6)ccnc5[nH]4)c3c2F)c1)c1ccccc1. The fourth-order valence-electron chi connectivity index (χ4n) is 4.43. The molecule has 0 aliphatic carbocycles. The number of halogens is 1. The molecule has 0 radical (unpaired) electrons. The third-order valence-electron chi connectivity index (χ3n) is 6.26. The Morgan fingerprint density at radius 1 is 0.949 bits per heavy atom. The molecule has 0 aliphatic rings. The molecule has 1 amide bonds. The van der Waals surface area contributed by atoms with Gasteiger partial charge in [0.05, 0.1) is 17.3 Å². The summed E-state index contributed by atoms with van der Waals surface area (Å²) in [5.41, 5.74) is 4.32. The van der Waals surface area contributed by atoms with Crippen LogP contribution in [-0.2, 0) is 0 Å². The van der Waals surface area contributed by atoms with Crippen molar-refractivity contribution in [3.63, 3.8) is 0 Å². The first-order chi connectivity index (χ1) is 19.2. The van der Waals surface area contributed by atoms with Gasteiger partial charge in [-0.15, -0.1) is 11.3 Å². The summed E-state index contributed by atoms with van der Waals surface area (Å²) >= 11 is 1.60. The first-order valence-electron chi connectivity index (χ1n) is 11.9. The van der Waals surface area contributed by atoms with Crippen LogP contribution in [0.1, 0.15) is 10.4 Å². The van der Waals surface area contributed by atoms with E-state index < -0.39 is 5.82 Å². The molecule has 11 heteroatoms. The standard InChI is InChI=1S/C28H17FN8OS/c29-22-19(16-11-17(13-30-12-16)33-28(38)15-5-2-1-3-6-15)14-32-25-21(22)24(36-37-25)27-34-23-18(20-7-4-10-39-20)8-9-31-26(23)35-27/h1-14H,(H,33,38)(H,31,34,35)(H,32,36,37). The Labute approximate surface area is 223 Å². The van der Waals surface area contributed by atoms with Crippen LogP contribution >= 0.6 is 11.3 Å². The van der Waals surface area contributed by atoms with Crippen LogP contribution in [0.5, 0.6) is 0 Å². The van der Waals surface area contributed by atoms with Crippen molar-refractivity contribution in [3.05, 3.63) is 96.1 Å². The van der Waals surface area contributed by atoms with Gasteiger partial charge in [0.1, 0.15) is 17.0 Å². The van der Waals surface area contributed by atoms with Gasteiger partial charge in [0.2, 0.25) is 0 Å². The number of aromatic amines is 2. The Bertz CT molecular complexity index is 1980. The molecule has 6 aromatic heterocycles. The van der Waals surface area contributed by atoms with Gasteiger partial charge in [-0.3, -0.25) is 14.9 Å². The Hall–Kier alpha value is -5.29. The number of pyridine rings is 3. The smallest absolute Gasteiger partial charge is 0.255 e. The zero-order chi connectivity index (χ0) is 26.3. The third-order valence-corrected chi connectivity index (χ3v) is 7.17. The number of hydrogen-bond acceptors (Lipinski definition) is 7. The lowest BCUT2D eigenvalue weighted by Crippen LogP contribution is -2.11. The summed E-state index contributed by atoms with van der Waals surface area (Å²) in [5, 5.41) is 12.1. The molecule has 0 aliphatic heterocycles. The number of fused-ring (bicyclic) bond motifs is 2. The van der Waals surface area contributed by atoms with E-state index >= 15 is 4.39 Å². The molecule has 1 aromatic carbocycles. The number of thiophene rings is 1. The van der Waals surface area contributed by atoms with E-state index in [1.54, 1.807) is 47.9 Å². The lowest BCUT2D eigenvalue weighted by molar-refractivity contribution is 0.102. The molecular formula is C28H17FN8OS. The van der Waals surface area contributed by atoms with Crippen molar-refractivity contribution in [2.75, 3.05) is 5.32 Å². The highest BCUT2D eigenvalue weighted by molar-refractivity contribution is 7.13. The summed E-state index contributed by atoms with van der Waals surface area (Å²) in [5.74, 6) is -0.460. The van der Waals surface area contributed by atoms with E-state index in [9.17, 15) is 4.79 Å². The lowest BCUT2D eigenvalue weighted by Gasteiger charge is -2.08. The summed E-state index contributed by atoms with van der Waals surface area (Å²) < 4.78 is 16.1. The normalized spacial score (nSPS) is 11.3. The Kier molecular flexibility index (Phi) is 5.41. The van der Waals surface area contributed by atoms with E-state index in [0.717, 1.165) is 10.4 Å². The van der Waals surface area contributed by atoms with Gasteiger partial charge in [-0.05, 0) is 35.7 Å². The highest BCUT2D eigenvalue weighted by atomic mass is 32.1. The molecule has 0 saturated carbocycles. The molecule has 0 spiro atoms. The molecule has 9 nitrogen and oxygen atoms in total. The van der Waals surface area contributed by atoms with Crippen molar-refractivity contribution in [3.8, 4) is 33.1 Å². The van der Waals surface area contributed by atoms with Gasteiger partial charge >= 0.3 is 0 Å². The fraction of sp³-hybridized carbons (Fsp3) is 0. The van der Waals surface area contributed by atoms with Crippen LogP contribution in [0.15, 0.2) is 84.8 Å². The van der Waals surface area contributed by atoms with E-state index in [1.165, 1.54) is 18.6 Å². The molecule has 0 atom stereocenters. The number of hydrogen-bond donors (Lipinski definition) is 3. The number of nitrogens with zero attached hydrogens (tertiary/aromatic N) is 5. The average Bonchev–Trinajstić information content (AvgIpc) is 3.73. The Morgan fingerprint density at radius 2 is 1.85 bits per heavy atom. The summed E-state index contributed by atoms with van der Waals surface area (Å²) in [7, 11) is 0. The maximum absolute atomic E-state index is 16.1. The molecule has 7 rings (SSSR count). The van der Waals surface area contributed by atoms with Crippen LogP contribution in [0.25, 0.3) is 55.3 Å². The van der Waals surface area contributed by atoms with Crippen molar-refractivity contribution in [1.29, 1.82) is 0 Å². The first kappa shape index (κ1) is 22.9. The van der Waals surface area contributed by atoms with Crippen LogP contribution in [0.2, 0.25) is 0 Å². The number of aromatic nitrogens is 7. The van der Waals surface area contributed by atoms with Gasteiger partial charge in [-0.2, -0.15) is 5.10 Å². The number of nitrogens with one attached hydrogen (secondary N) is 3. The second kappa shape index (κ2) is 9.23. The monoisotopic (exact) mass is 532 g/mol. The molecule has 7 aromatic rings. The number of rotatable bonds is 5. The minimum Gasteiger partial charge on any atom is -0.321 e. The first-order valence-corrected chi connectivity index (χ1v) is 12.8. The average molecular weight is 533 g/mol. The zero-order valence-corrected chi connectivity index (χ0v) is 20.8. The van der Waals surface area contributed by atoms with Crippen LogP contribution in [0.4, 0.5) is 10.1 Å². The predicted octanol–water partition coefficient (Wildman–Crippen LogP) is 6.08. The van der Waals surface area contributed by atoms with Crippen LogP contribution in [0.3, 0.4) is 0 Å². The quantitative estimate of drug-likeness (QED) is 0.247. The maximum Gasteiger partial charge on any atom is 0.255 e. The molecule has 0 bridgehead atoms. The minimum atomic E-state index is -0.538. The van der Waals surface area contributed by atoms with Crippen molar-refractivity contribution in [1.82, 2.24) is 35.1 Å². The molecule has 0 fully saturated rings. The van der Waals surface area contributed by atoms with E-state index in [4.69, 9.17) is 4.98 Å². The van der Waals surface area contributed by atoms with E-state index in [0.29, 0.717) is 33.8 Å². The highest BCUT2D eigenvalue weighted by Gasteiger charge is 2.22. The van der Waals surface area contributed by atoms with Gasteiger partial charge in [0.15, 0.2) is 17.1 Å². The third kappa shape index (κ3) is 4.01. The second-order valence-corrected chi connectivity index (χ2v) is 9.63. The minimum absolute atomic E-state index is 0.183. The van der Waals surface area contributed by atoms with E-state index in [2.05, 4.69) is 35.5 Å². The molecule has 0 saturated heterocycles. The molecule has 188 valence electrons. The molecule has 6 heterocycles. The predicted molar refractivity (Wildman–Crippen MR) is 148 cm³/mol. The van der Waals surface area contributed by atoms with Crippen LogP contribution in [-0.4, -0.2) is 41.0 Å². The van der Waals surface area contributed by atoms with Crippen LogP contribution < -0.4 is 5.32 Å². The van der Waals surface area contributed by atoms with E-state index in [-0.39, 0.29) is 28.2 Å². The van der Waals surface area contributed by atoms with Gasteiger partial charge in [0.25, 0.3) is 5.91 Å². The van der Waals surface area contributed by atoms with Gasteiger partial charge in [-0.25, -0.2) is 19.3 Å². The Balaban J connectivity index is 1.29. The highest BCUT2D eigenvalue weighted by Crippen LogP contribution is 2.35. The number of amides is 1. The van der Waals surface area contributed by atoms with Crippen molar-refractivity contribution in [2.45, 2.75) is 0 Å². The van der Waals surface area contributed by atoms with Crippen molar-refractivity contribution < 1.29 is 9.18 Å². The molecular weight excluding hydrogens is 515 g/mol.